The average molecular weight is 412 g/mol. The van der Waals surface area contributed by atoms with Crippen molar-refractivity contribution in [1.29, 1.82) is 0 Å². The van der Waals surface area contributed by atoms with Crippen LogP contribution in [-0.4, -0.2) is 41.0 Å². The van der Waals surface area contributed by atoms with Crippen LogP contribution >= 0.6 is 11.8 Å². The predicted molar refractivity (Wildman–Crippen MR) is 123 cm³/mol. The zero-order chi connectivity index (χ0) is 21.6. The minimum atomic E-state index is -0.532. The van der Waals surface area contributed by atoms with Crippen molar-refractivity contribution in [3.8, 4) is 0 Å². The molecule has 0 aliphatic carbocycles. The van der Waals surface area contributed by atoms with Gasteiger partial charge in [-0.15, -0.1) is 0 Å². The van der Waals surface area contributed by atoms with Gasteiger partial charge in [0, 0.05) is 11.5 Å². The molecule has 5 heteroatoms. The molecular weight excluding hydrogens is 370 g/mol. The quantitative estimate of drug-likeness (QED) is 0.304. The van der Waals surface area contributed by atoms with Crippen LogP contribution in [0.2, 0.25) is 0 Å². The number of rotatable bonds is 12. The van der Waals surface area contributed by atoms with Gasteiger partial charge in [0.05, 0.1) is 12.6 Å². The topological polar surface area (TPSA) is 58.6 Å². The van der Waals surface area contributed by atoms with Gasteiger partial charge in [0.2, 0.25) is 0 Å². The summed E-state index contributed by atoms with van der Waals surface area (Å²) in [6.45, 7) is 14.0. The van der Waals surface area contributed by atoms with E-state index in [-0.39, 0.29) is 12.6 Å². The molecule has 0 aromatic rings. The predicted octanol–water partition coefficient (Wildman–Crippen LogP) is 6.02. The van der Waals surface area contributed by atoms with E-state index in [1.807, 2.05) is 20.8 Å². The number of carbonyl (C=O) groups is 1. The second kappa shape index (κ2) is 14.7. The Morgan fingerprint density at radius 1 is 1.04 bits per heavy atom. The highest BCUT2D eigenvalue weighted by Crippen LogP contribution is 2.13. The van der Waals surface area contributed by atoms with Gasteiger partial charge < -0.3 is 15.2 Å². The van der Waals surface area contributed by atoms with Gasteiger partial charge in [0.15, 0.2) is 0 Å². The lowest BCUT2D eigenvalue weighted by molar-refractivity contribution is 0.0491. The first-order valence-electron chi connectivity index (χ1n) is 10.2. The van der Waals surface area contributed by atoms with Gasteiger partial charge in [0.1, 0.15) is 5.60 Å². The van der Waals surface area contributed by atoms with Gasteiger partial charge >= 0.3 is 6.09 Å². The Hall–Kier alpha value is -1.20. The van der Waals surface area contributed by atoms with E-state index in [4.69, 9.17) is 4.74 Å². The SMILES string of the molecule is CC(C)=CCCC(C)=CCCC(C)=CCSC[C@@H](CO)NC(=O)OC(C)(C)C. The molecule has 0 fully saturated rings. The molecule has 0 radical (unpaired) electrons. The largest absolute Gasteiger partial charge is 0.444 e. The zero-order valence-electron chi connectivity index (χ0n) is 18.9. The standard InChI is InChI=1S/C23H41NO3S/c1-18(2)10-8-11-19(3)12-9-13-20(4)14-15-28-17-21(16-25)24-22(26)27-23(5,6)7/h10,12,14,21,25H,8-9,11,13,15-17H2,1-7H3,(H,24,26)/t21-/m1/s1. The Morgan fingerprint density at radius 3 is 2.14 bits per heavy atom. The molecule has 0 bridgehead atoms. The molecule has 28 heavy (non-hydrogen) atoms. The number of aliphatic hydroxyl groups excluding tert-OH is 1. The fourth-order valence-corrected chi connectivity index (χ4v) is 3.38. The molecule has 0 rings (SSSR count). The van der Waals surface area contributed by atoms with Crippen LogP contribution in [0.1, 0.15) is 74.1 Å². The normalized spacial score (nSPS) is 13.9. The molecular formula is C23H41NO3S. The number of nitrogens with one attached hydrogen (secondary N) is 1. The van der Waals surface area contributed by atoms with E-state index in [9.17, 15) is 9.90 Å². The second-order valence-corrected chi connectivity index (χ2v) is 9.60. The van der Waals surface area contributed by atoms with Crippen molar-refractivity contribution in [2.24, 2.45) is 0 Å². The van der Waals surface area contributed by atoms with Crippen molar-refractivity contribution < 1.29 is 14.6 Å². The van der Waals surface area contributed by atoms with Gasteiger partial charge in [-0.05, 0) is 74.1 Å². The maximum Gasteiger partial charge on any atom is 0.407 e. The van der Waals surface area contributed by atoms with E-state index < -0.39 is 11.7 Å². The lowest BCUT2D eigenvalue weighted by Gasteiger charge is -2.22. The van der Waals surface area contributed by atoms with Crippen LogP contribution < -0.4 is 5.32 Å². The van der Waals surface area contributed by atoms with Crippen LogP contribution in [0.25, 0.3) is 0 Å². The Bertz CT molecular complexity index is 541. The monoisotopic (exact) mass is 411 g/mol. The molecule has 0 aromatic heterocycles. The summed E-state index contributed by atoms with van der Waals surface area (Å²) in [5.74, 6) is 1.53. The molecule has 0 saturated carbocycles. The summed E-state index contributed by atoms with van der Waals surface area (Å²) in [5.41, 5.74) is 3.68. The molecule has 1 atom stereocenters. The molecule has 0 spiro atoms. The number of amides is 1. The molecule has 0 heterocycles. The van der Waals surface area contributed by atoms with E-state index in [1.165, 1.54) is 16.7 Å². The third-order valence-corrected chi connectivity index (χ3v) is 4.97. The average Bonchev–Trinajstić information content (AvgIpc) is 2.55. The van der Waals surface area contributed by atoms with Gasteiger partial charge in [-0.2, -0.15) is 11.8 Å². The summed E-state index contributed by atoms with van der Waals surface area (Å²) < 4.78 is 5.22. The van der Waals surface area contributed by atoms with Gasteiger partial charge in [-0.1, -0.05) is 34.9 Å². The molecule has 1 amide bonds. The molecule has 0 aromatic carbocycles. The summed E-state index contributed by atoms with van der Waals surface area (Å²) in [6.07, 6.45) is 10.8. The highest BCUT2D eigenvalue weighted by Gasteiger charge is 2.18. The first kappa shape index (κ1) is 26.8. The number of alkyl carbamates (subject to hydrolysis) is 1. The van der Waals surface area contributed by atoms with Gasteiger partial charge in [-0.3, -0.25) is 0 Å². The highest BCUT2D eigenvalue weighted by molar-refractivity contribution is 7.99. The summed E-state index contributed by atoms with van der Waals surface area (Å²) in [6, 6.07) is -0.292. The minimum absolute atomic E-state index is 0.0915. The van der Waals surface area contributed by atoms with Crippen molar-refractivity contribution in [3.05, 3.63) is 34.9 Å². The molecule has 0 saturated heterocycles. The fraction of sp³-hybridized carbons (Fsp3) is 0.696. The number of ether oxygens (including phenoxy) is 1. The summed E-state index contributed by atoms with van der Waals surface area (Å²) in [4.78, 5) is 11.8. The van der Waals surface area contributed by atoms with Gasteiger partial charge in [0.25, 0.3) is 0 Å². The number of aliphatic hydroxyl groups is 1. The van der Waals surface area contributed by atoms with Crippen LogP contribution in [0.5, 0.6) is 0 Å². The molecule has 162 valence electrons. The molecule has 0 aliphatic heterocycles. The lowest BCUT2D eigenvalue weighted by atomic mass is 10.1. The van der Waals surface area contributed by atoms with Crippen molar-refractivity contribution in [3.63, 3.8) is 0 Å². The summed E-state index contributed by atoms with van der Waals surface area (Å²) in [5, 5.41) is 12.1. The van der Waals surface area contributed by atoms with Crippen molar-refractivity contribution in [2.45, 2.75) is 85.8 Å². The van der Waals surface area contributed by atoms with E-state index in [2.05, 4.69) is 51.2 Å². The Balaban J connectivity index is 4.09. The van der Waals surface area contributed by atoms with Crippen LogP contribution in [0.3, 0.4) is 0 Å². The number of allylic oxidation sites excluding steroid dienone is 5. The third-order valence-electron chi connectivity index (χ3n) is 3.93. The lowest BCUT2D eigenvalue weighted by Crippen LogP contribution is -2.42. The maximum absolute atomic E-state index is 11.8. The molecule has 0 aliphatic rings. The number of thioether (sulfide) groups is 1. The van der Waals surface area contributed by atoms with Crippen molar-refractivity contribution >= 4 is 17.9 Å². The first-order valence-corrected chi connectivity index (χ1v) is 11.3. The second-order valence-electron chi connectivity index (χ2n) is 8.52. The van der Waals surface area contributed by atoms with Crippen LogP contribution in [-0.2, 0) is 4.74 Å². The number of carbonyl (C=O) groups excluding carboxylic acids is 1. The zero-order valence-corrected chi connectivity index (χ0v) is 19.7. The van der Waals surface area contributed by atoms with Crippen molar-refractivity contribution in [1.82, 2.24) is 5.32 Å². The number of hydrogen-bond acceptors (Lipinski definition) is 4. The third kappa shape index (κ3) is 16.9. The van der Waals surface area contributed by atoms with Crippen molar-refractivity contribution in [2.75, 3.05) is 18.1 Å². The summed E-state index contributed by atoms with van der Waals surface area (Å²) in [7, 11) is 0. The smallest absolute Gasteiger partial charge is 0.407 e. The molecule has 2 N–H and O–H groups in total. The minimum Gasteiger partial charge on any atom is -0.444 e. The summed E-state index contributed by atoms with van der Waals surface area (Å²) >= 11 is 1.70. The van der Waals surface area contributed by atoms with Gasteiger partial charge in [-0.25, -0.2) is 4.79 Å². The molecule has 4 nitrogen and oxygen atoms in total. The van der Waals surface area contributed by atoms with E-state index >= 15 is 0 Å². The fourth-order valence-electron chi connectivity index (χ4n) is 2.36. The van der Waals surface area contributed by atoms with Crippen LogP contribution in [0, 0.1) is 0 Å². The van der Waals surface area contributed by atoms with E-state index in [0.29, 0.717) is 5.75 Å². The van der Waals surface area contributed by atoms with E-state index in [1.54, 1.807) is 11.8 Å². The highest BCUT2D eigenvalue weighted by atomic mass is 32.2. The van der Waals surface area contributed by atoms with E-state index in [0.717, 1.165) is 31.4 Å². The maximum atomic E-state index is 11.8. The Kier molecular flexibility index (Phi) is 14.1. The van der Waals surface area contributed by atoms with Crippen LogP contribution in [0.4, 0.5) is 4.79 Å². The Morgan fingerprint density at radius 2 is 1.61 bits per heavy atom. The Labute approximate surface area is 176 Å². The van der Waals surface area contributed by atoms with Crippen LogP contribution in [0.15, 0.2) is 34.9 Å². The first-order chi connectivity index (χ1) is 13.0. The number of hydrogen-bond donors (Lipinski definition) is 2. The molecule has 0 unspecified atom stereocenters.